The molecule has 0 amide bonds. The minimum atomic E-state index is -0.312. The third-order valence-corrected chi connectivity index (χ3v) is 4.43. The molecule has 1 aromatic carbocycles. The van der Waals surface area contributed by atoms with Gasteiger partial charge in [0.2, 0.25) is 0 Å². The number of rotatable bonds is 7. The standard InChI is InChI=1S/C19H27FN6O2.HI/c1-13(28-16-6-4-5-14(20)9-16)10-22-19(21-2)23-15-7-8-18-24-17(12-27-3)25-26(18)11-15;/h4-6,9,13,15H,7-8,10-12H2,1-3H3,(H2,21,22,23);1H. The van der Waals surface area contributed by atoms with Gasteiger partial charge in [-0.1, -0.05) is 6.07 Å². The first kappa shape index (κ1) is 23.3. The van der Waals surface area contributed by atoms with Gasteiger partial charge in [-0.3, -0.25) is 4.99 Å². The van der Waals surface area contributed by atoms with Crippen molar-refractivity contribution in [2.24, 2.45) is 4.99 Å². The quantitative estimate of drug-likeness (QED) is 0.332. The molecule has 2 aromatic rings. The molecule has 0 aliphatic carbocycles. The third kappa shape index (κ3) is 6.81. The lowest BCUT2D eigenvalue weighted by atomic mass is 10.1. The van der Waals surface area contributed by atoms with E-state index in [1.165, 1.54) is 12.1 Å². The highest BCUT2D eigenvalue weighted by Crippen LogP contribution is 2.14. The highest BCUT2D eigenvalue weighted by Gasteiger charge is 2.22. The number of benzene rings is 1. The number of methoxy groups -OCH3 is 1. The number of hydrogen-bond donors (Lipinski definition) is 2. The first-order valence-electron chi connectivity index (χ1n) is 9.38. The van der Waals surface area contributed by atoms with Crippen LogP contribution in [0, 0.1) is 5.82 Å². The van der Waals surface area contributed by atoms with Crippen molar-refractivity contribution in [3.8, 4) is 5.75 Å². The van der Waals surface area contributed by atoms with E-state index in [-0.39, 0.29) is 41.9 Å². The van der Waals surface area contributed by atoms with Gasteiger partial charge in [0.05, 0.1) is 13.1 Å². The number of guanidine groups is 1. The van der Waals surface area contributed by atoms with Crippen molar-refractivity contribution in [2.75, 3.05) is 20.7 Å². The molecule has 1 aliphatic heterocycles. The molecule has 0 saturated carbocycles. The predicted molar refractivity (Wildman–Crippen MR) is 119 cm³/mol. The summed E-state index contributed by atoms with van der Waals surface area (Å²) in [7, 11) is 3.37. The molecule has 1 aromatic heterocycles. The van der Waals surface area contributed by atoms with Crippen LogP contribution in [0.25, 0.3) is 0 Å². The van der Waals surface area contributed by atoms with Gasteiger partial charge in [-0.2, -0.15) is 5.10 Å². The fraction of sp³-hybridized carbons (Fsp3) is 0.526. The van der Waals surface area contributed by atoms with Gasteiger partial charge >= 0.3 is 0 Å². The second-order valence-electron chi connectivity index (χ2n) is 6.78. The first-order chi connectivity index (χ1) is 13.6. The highest BCUT2D eigenvalue weighted by atomic mass is 127. The van der Waals surface area contributed by atoms with Crippen LogP contribution in [0.15, 0.2) is 29.3 Å². The van der Waals surface area contributed by atoms with Crippen molar-refractivity contribution >= 4 is 29.9 Å². The van der Waals surface area contributed by atoms with Crippen molar-refractivity contribution < 1.29 is 13.9 Å². The zero-order chi connectivity index (χ0) is 19.9. The number of aryl methyl sites for hydroxylation is 1. The summed E-state index contributed by atoms with van der Waals surface area (Å²) in [6.07, 6.45) is 1.65. The van der Waals surface area contributed by atoms with Gasteiger partial charge in [-0.05, 0) is 25.5 Å². The fourth-order valence-corrected chi connectivity index (χ4v) is 3.11. The maximum absolute atomic E-state index is 13.3. The van der Waals surface area contributed by atoms with Crippen LogP contribution < -0.4 is 15.4 Å². The fourth-order valence-electron chi connectivity index (χ4n) is 3.11. The molecule has 2 atom stereocenters. The molecular weight excluding hydrogens is 490 g/mol. The van der Waals surface area contributed by atoms with E-state index < -0.39 is 0 Å². The second kappa shape index (κ2) is 11.3. The number of aliphatic imine (C=N–C) groups is 1. The number of aromatic nitrogens is 3. The summed E-state index contributed by atoms with van der Waals surface area (Å²) >= 11 is 0. The second-order valence-corrected chi connectivity index (χ2v) is 6.78. The molecule has 160 valence electrons. The van der Waals surface area contributed by atoms with Crippen molar-refractivity contribution in [1.82, 2.24) is 25.4 Å². The summed E-state index contributed by atoms with van der Waals surface area (Å²) in [6, 6.07) is 6.34. The number of hydrogen-bond acceptors (Lipinski definition) is 5. The molecule has 8 nitrogen and oxygen atoms in total. The van der Waals surface area contributed by atoms with Crippen LogP contribution in [0.1, 0.15) is 25.0 Å². The van der Waals surface area contributed by atoms with Crippen LogP contribution in [0.4, 0.5) is 4.39 Å². The molecule has 29 heavy (non-hydrogen) atoms. The Morgan fingerprint density at radius 2 is 2.28 bits per heavy atom. The van der Waals surface area contributed by atoms with E-state index in [4.69, 9.17) is 9.47 Å². The smallest absolute Gasteiger partial charge is 0.191 e. The molecule has 1 aliphatic rings. The minimum absolute atomic E-state index is 0. The van der Waals surface area contributed by atoms with Crippen LogP contribution >= 0.6 is 24.0 Å². The van der Waals surface area contributed by atoms with E-state index in [1.54, 1.807) is 26.3 Å². The Labute approximate surface area is 187 Å². The van der Waals surface area contributed by atoms with E-state index in [2.05, 4.69) is 25.7 Å². The molecule has 10 heteroatoms. The Bertz CT molecular complexity index is 816. The third-order valence-electron chi connectivity index (χ3n) is 4.43. The molecule has 0 radical (unpaired) electrons. The molecule has 0 fully saturated rings. The highest BCUT2D eigenvalue weighted by molar-refractivity contribution is 14.0. The molecule has 0 spiro atoms. The summed E-state index contributed by atoms with van der Waals surface area (Å²) < 4.78 is 26.0. The summed E-state index contributed by atoms with van der Waals surface area (Å²) in [6.45, 7) is 3.60. The van der Waals surface area contributed by atoms with E-state index in [9.17, 15) is 4.39 Å². The van der Waals surface area contributed by atoms with Gasteiger partial charge in [0.15, 0.2) is 11.8 Å². The zero-order valence-electron chi connectivity index (χ0n) is 16.9. The Balaban J connectivity index is 0.00000300. The molecule has 2 N–H and O–H groups in total. The van der Waals surface area contributed by atoms with Crippen molar-refractivity contribution in [2.45, 2.75) is 45.1 Å². The van der Waals surface area contributed by atoms with Gasteiger partial charge in [-0.15, -0.1) is 24.0 Å². The summed E-state index contributed by atoms with van der Waals surface area (Å²) in [5.74, 6) is 2.60. The van der Waals surface area contributed by atoms with Gasteiger partial charge < -0.3 is 20.1 Å². The normalized spacial score (nSPS) is 17.1. The van der Waals surface area contributed by atoms with E-state index in [0.717, 1.165) is 25.2 Å². The monoisotopic (exact) mass is 518 g/mol. The maximum atomic E-state index is 13.3. The SMILES string of the molecule is CN=C(NCC(C)Oc1cccc(F)c1)NC1CCc2nc(COC)nn2C1.I. The van der Waals surface area contributed by atoms with Crippen LogP contribution in [0.2, 0.25) is 0 Å². The van der Waals surface area contributed by atoms with Crippen molar-refractivity contribution in [3.63, 3.8) is 0 Å². The van der Waals surface area contributed by atoms with Gasteiger partial charge in [0.25, 0.3) is 0 Å². The maximum Gasteiger partial charge on any atom is 0.191 e. The lowest BCUT2D eigenvalue weighted by Gasteiger charge is -2.26. The molecular formula is C19H28FIN6O2. The summed E-state index contributed by atoms with van der Waals surface area (Å²) in [5, 5.41) is 11.2. The molecule has 2 heterocycles. The van der Waals surface area contributed by atoms with Crippen LogP contribution in [-0.4, -0.2) is 53.6 Å². The van der Waals surface area contributed by atoms with E-state index >= 15 is 0 Å². The summed E-state index contributed by atoms with van der Waals surface area (Å²) in [4.78, 5) is 8.77. The number of ether oxygens (including phenoxy) is 2. The Hall–Kier alpha value is -1.95. The van der Waals surface area contributed by atoms with E-state index in [0.29, 0.717) is 30.7 Å². The Morgan fingerprint density at radius 1 is 1.45 bits per heavy atom. The average molecular weight is 518 g/mol. The van der Waals surface area contributed by atoms with Crippen LogP contribution in [-0.2, 0) is 24.3 Å². The minimum Gasteiger partial charge on any atom is -0.489 e. The lowest BCUT2D eigenvalue weighted by Crippen LogP contribution is -2.48. The Morgan fingerprint density at radius 3 is 3.00 bits per heavy atom. The average Bonchev–Trinajstić information content (AvgIpc) is 3.07. The number of fused-ring (bicyclic) bond motifs is 1. The van der Waals surface area contributed by atoms with Crippen LogP contribution in [0.5, 0.6) is 5.75 Å². The molecule has 3 rings (SSSR count). The number of nitrogens with zero attached hydrogens (tertiary/aromatic N) is 4. The first-order valence-corrected chi connectivity index (χ1v) is 9.38. The van der Waals surface area contributed by atoms with Crippen LogP contribution in [0.3, 0.4) is 0 Å². The summed E-state index contributed by atoms with van der Waals surface area (Å²) in [5.41, 5.74) is 0. The molecule has 0 bridgehead atoms. The van der Waals surface area contributed by atoms with Gasteiger partial charge in [0.1, 0.15) is 30.1 Å². The Kier molecular flexibility index (Phi) is 9.08. The van der Waals surface area contributed by atoms with Crippen molar-refractivity contribution in [1.29, 1.82) is 0 Å². The molecule has 0 saturated heterocycles. The van der Waals surface area contributed by atoms with Gasteiger partial charge in [0, 0.05) is 32.7 Å². The lowest BCUT2D eigenvalue weighted by molar-refractivity contribution is 0.177. The largest absolute Gasteiger partial charge is 0.489 e. The van der Waals surface area contributed by atoms with Crippen molar-refractivity contribution in [3.05, 3.63) is 41.7 Å². The predicted octanol–water partition coefficient (Wildman–Crippen LogP) is 2.13. The van der Waals surface area contributed by atoms with Gasteiger partial charge in [-0.25, -0.2) is 14.1 Å². The number of halogens is 2. The number of nitrogens with one attached hydrogen (secondary N) is 2. The molecule has 2 unspecified atom stereocenters. The van der Waals surface area contributed by atoms with E-state index in [1.807, 2.05) is 11.6 Å². The zero-order valence-corrected chi connectivity index (χ0v) is 19.2. The topological polar surface area (TPSA) is 85.6 Å².